The quantitative estimate of drug-likeness (QED) is 0.802. The van der Waals surface area contributed by atoms with Gasteiger partial charge in [-0.05, 0) is 48.4 Å². The molecule has 0 amide bonds. The van der Waals surface area contributed by atoms with Crippen LogP contribution in [0.4, 0.5) is 0 Å². The van der Waals surface area contributed by atoms with E-state index in [0.29, 0.717) is 19.1 Å². The van der Waals surface area contributed by atoms with Crippen molar-refractivity contribution in [2.75, 3.05) is 19.8 Å². The maximum Gasteiger partial charge on any atom is 0.119 e. The summed E-state index contributed by atoms with van der Waals surface area (Å²) < 4.78 is 11.2. The van der Waals surface area contributed by atoms with E-state index in [9.17, 15) is 0 Å². The molecule has 3 nitrogen and oxygen atoms in total. The molecule has 0 aromatic heterocycles. The molecule has 0 spiro atoms. The van der Waals surface area contributed by atoms with Crippen LogP contribution in [0.1, 0.15) is 43.9 Å². The number of fused-ring (bicyclic) bond motifs is 1. The number of benzene rings is 1. The smallest absolute Gasteiger partial charge is 0.119 e. The summed E-state index contributed by atoms with van der Waals surface area (Å²) in [6.45, 7) is 6.32. The lowest BCUT2D eigenvalue weighted by Crippen LogP contribution is -2.17. The van der Waals surface area contributed by atoms with Gasteiger partial charge < -0.3 is 15.2 Å². The van der Waals surface area contributed by atoms with E-state index in [1.807, 2.05) is 6.07 Å². The summed E-state index contributed by atoms with van der Waals surface area (Å²) in [7, 11) is 0. The molecule has 0 saturated heterocycles. The molecule has 0 radical (unpaired) electrons. The van der Waals surface area contributed by atoms with Crippen LogP contribution in [0.5, 0.6) is 5.75 Å². The van der Waals surface area contributed by atoms with E-state index in [1.54, 1.807) is 0 Å². The molecule has 1 aromatic carbocycles. The third kappa shape index (κ3) is 4.22. The van der Waals surface area contributed by atoms with Crippen LogP contribution in [0.3, 0.4) is 0 Å². The van der Waals surface area contributed by atoms with Crippen LogP contribution in [-0.4, -0.2) is 19.8 Å². The maximum absolute atomic E-state index is 6.14. The van der Waals surface area contributed by atoms with Gasteiger partial charge >= 0.3 is 0 Å². The van der Waals surface area contributed by atoms with Crippen LogP contribution >= 0.6 is 0 Å². The molecule has 106 valence electrons. The number of hydrogen-bond donors (Lipinski definition) is 1. The van der Waals surface area contributed by atoms with Crippen molar-refractivity contribution in [1.29, 1.82) is 0 Å². The molecule has 0 unspecified atom stereocenters. The highest BCUT2D eigenvalue weighted by Gasteiger charge is 2.17. The molecule has 1 aliphatic rings. The number of aryl methyl sites for hydroxylation is 1. The zero-order chi connectivity index (χ0) is 13.7. The van der Waals surface area contributed by atoms with Gasteiger partial charge in [0, 0.05) is 12.6 Å². The molecule has 0 saturated carbocycles. The van der Waals surface area contributed by atoms with Crippen molar-refractivity contribution in [3.8, 4) is 5.75 Å². The van der Waals surface area contributed by atoms with Crippen molar-refractivity contribution >= 4 is 0 Å². The first-order valence-corrected chi connectivity index (χ1v) is 7.25. The average molecular weight is 263 g/mol. The first kappa shape index (κ1) is 14.4. The number of rotatable bonds is 6. The molecule has 2 N–H and O–H groups in total. The van der Waals surface area contributed by atoms with Gasteiger partial charge in [0.25, 0.3) is 0 Å². The summed E-state index contributed by atoms with van der Waals surface area (Å²) in [5, 5.41) is 0. The van der Waals surface area contributed by atoms with Crippen molar-refractivity contribution in [3.05, 3.63) is 29.3 Å². The van der Waals surface area contributed by atoms with E-state index < -0.39 is 0 Å². The highest BCUT2D eigenvalue weighted by Crippen LogP contribution is 2.30. The second-order valence-electron chi connectivity index (χ2n) is 5.68. The fourth-order valence-corrected chi connectivity index (χ4v) is 2.44. The second-order valence-corrected chi connectivity index (χ2v) is 5.68. The molecule has 1 aliphatic carbocycles. The van der Waals surface area contributed by atoms with Gasteiger partial charge in [-0.25, -0.2) is 0 Å². The van der Waals surface area contributed by atoms with Crippen molar-refractivity contribution in [3.63, 3.8) is 0 Å². The van der Waals surface area contributed by atoms with Gasteiger partial charge in [-0.15, -0.1) is 0 Å². The topological polar surface area (TPSA) is 44.5 Å². The van der Waals surface area contributed by atoms with E-state index in [1.165, 1.54) is 17.5 Å². The zero-order valence-corrected chi connectivity index (χ0v) is 12.0. The minimum atomic E-state index is 0.171. The zero-order valence-electron chi connectivity index (χ0n) is 12.0. The van der Waals surface area contributed by atoms with Crippen molar-refractivity contribution in [2.24, 2.45) is 11.7 Å². The van der Waals surface area contributed by atoms with E-state index in [4.69, 9.17) is 15.2 Å². The lowest BCUT2D eigenvalue weighted by Gasteiger charge is -2.22. The molecule has 0 bridgehead atoms. The summed E-state index contributed by atoms with van der Waals surface area (Å²) in [5.74, 6) is 1.48. The Hall–Kier alpha value is -1.06. The monoisotopic (exact) mass is 263 g/mol. The Kier molecular flexibility index (Phi) is 5.23. The third-order valence-corrected chi connectivity index (χ3v) is 3.43. The molecule has 1 aromatic rings. The molecule has 1 atom stereocenters. The highest BCUT2D eigenvalue weighted by atomic mass is 16.5. The predicted molar refractivity (Wildman–Crippen MR) is 77.5 cm³/mol. The predicted octanol–water partition coefficient (Wildman–Crippen LogP) is 3.07. The first-order chi connectivity index (χ1) is 9.16. The number of nitrogens with two attached hydrogens (primary N) is 1. The molecule has 3 heteroatoms. The summed E-state index contributed by atoms with van der Waals surface area (Å²) in [5.41, 5.74) is 8.78. The summed E-state index contributed by atoms with van der Waals surface area (Å²) >= 11 is 0. The molecule has 0 fully saturated rings. The standard InChI is InChI=1S/C16H25NO2/c1-12(2)11-18-8-9-19-14-7-6-13-4-3-5-16(17)15(13)10-14/h6-7,10,12,16H,3-5,8-9,11,17H2,1-2H3/t16-/m1/s1. The fraction of sp³-hybridized carbons (Fsp3) is 0.625. The van der Waals surface area contributed by atoms with Crippen LogP contribution in [-0.2, 0) is 11.2 Å². The van der Waals surface area contributed by atoms with Crippen LogP contribution < -0.4 is 10.5 Å². The fourth-order valence-electron chi connectivity index (χ4n) is 2.44. The normalized spacial score (nSPS) is 18.4. The largest absolute Gasteiger partial charge is 0.491 e. The SMILES string of the molecule is CC(C)COCCOc1ccc2c(c1)[C@H](N)CCC2. The Labute approximate surface area is 116 Å². The molecular formula is C16H25NO2. The minimum absolute atomic E-state index is 0.171. The molecule has 19 heavy (non-hydrogen) atoms. The van der Waals surface area contributed by atoms with E-state index in [0.717, 1.165) is 25.2 Å². The lowest BCUT2D eigenvalue weighted by molar-refractivity contribution is 0.0818. The Morgan fingerprint density at radius 3 is 2.95 bits per heavy atom. The summed E-state index contributed by atoms with van der Waals surface area (Å²) in [6, 6.07) is 6.46. The summed E-state index contributed by atoms with van der Waals surface area (Å²) in [6.07, 6.45) is 3.41. The van der Waals surface area contributed by atoms with Crippen molar-refractivity contribution in [1.82, 2.24) is 0 Å². The van der Waals surface area contributed by atoms with E-state index in [2.05, 4.69) is 26.0 Å². The average Bonchev–Trinajstić information content (AvgIpc) is 2.39. The number of hydrogen-bond acceptors (Lipinski definition) is 3. The lowest BCUT2D eigenvalue weighted by atomic mass is 9.88. The Bertz CT molecular complexity index is 404. The van der Waals surface area contributed by atoms with E-state index in [-0.39, 0.29) is 6.04 Å². The Morgan fingerprint density at radius 2 is 2.16 bits per heavy atom. The van der Waals surface area contributed by atoms with Crippen molar-refractivity contribution in [2.45, 2.75) is 39.2 Å². The molecular weight excluding hydrogens is 238 g/mol. The van der Waals surface area contributed by atoms with E-state index >= 15 is 0 Å². The van der Waals surface area contributed by atoms with Crippen LogP contribution in [0, 0.1) is 5.92 Å². The van der Waals surface area contributed by atoms with Gasteiger partial charge in [-0.2, -0.15) is 0 Å². The van der Waals surface area contributed by atoms with Gasteiger partial charge in [0.1, 0.15) is 12.4 Å². The van der Waals surface area contributed by atoms with Gasteiger partial charge in [0.2, 0.25) is 0 Å². The summed E-state index contributed by atoms with van der Waals surface area (Å²) in [4.78, 5) is 0. The van der Waals surface area contributed by atoms with Gasteiger partial charge in [-0.3, -0.25) is 0 Å². The van der Waals surface area contributed by atoms with Crippen LogP contribution in [0.15, 0.2) is 18.2 Å². The van der Waals surface area contributed by atoms with Gasteiger partial charge in [0.05, 0.1) is 6.61 Å². The molecule has 0 aliphatic heterocycles. The van der Waals surface area contributed by atoms with Crippen molar-refractivity contribution < 1.29 is 9.47 Å². The minimum Gasteiger partial charge on any atom is -0.491 e. The molecule has 0 heterocycles. The Balaban J connectivity index is 1.83. The van der Waals surface area contributed by atoms with Gasteiger partial charge in [0.15, 0.2) is 0 Å². The van der Waals surface area contributed by atoms with Gasteiger partial charge in [-0.1, -0.05) is 19.9 Å². The van der Waals surface area contributed by atoms with Crippen LogP contribution in [0.2, 0.25) is 0 Å². The molecule has 2 rings (SSSR count). The first-order valence-electron chi connectivity index (χ1n) is 7.25. The van der Waals surface area contributed by atoms with Crippen LogP contribution in [0.25, 0.3) is 0 Å². The second kappa shape index (κ2) is 6.92. The Morgan fingerprint density at radius 1 is 1.32 bits per heavy atom. The number of ether oxygens (including phenoxy) is 2. The maximum atomic E-state index is 6.14. The highest BCUT2D eigenvalue weighted by molar-refractivity contribution is 5.39. The third-order valence-electron chi connectivity index (χ3n) is 3.43.